The lowest BCUT2D eigenvalue weighted by atomic mass is 9.97. The van der Waals surface area contributed by atoms with Crippen LogP contribution in [0, 0.1) is 0 Å². The van der Waals surface area contributed by atoms with Crippen molar-refractivity contribution in [3.63, 3.8) is 0 Å². The topological polar surface area (TPSA) is 49.3 Å². The summed E-state index contributed by atoms with van der Waals surface area (Å²) in [5, 5.41) is 13.3. The van der Waals surface area contributed by atoms with E-state index in [4.69, 9.17) is 0 Å². The summed E-state index contributed by atoms with van der Waals surface area (Å²) < 4.78 is 0. The van der Waals surface area contributed by atoms with Crippen LogP contribution in [0.1, 0.15) is 27.6 Å². The van der Waals surface area contributed by atoms with Crippen LogP contribution >= 0.6 is 0 Å². The van der Waals surface area contributed by atoms with Crippen LogP contribution < -0.4 is 5.32 Å². The first-order valence-corrected chi connectivity index (χ1v) is 7.91. The molecule has 3 rings (SSSR count). The van der Waals surface area contributed by atoms with Crippen LogP contribution in [0.4, 0.5) is 5.69 Å². The van der Waals surface area contributed by atoms with Crippen LogP contribution in [0.3, 0.4) is 0 Å². The molecule has 0 bridgehead atoms. The highest BCUT2D eigenvalue weighted by molar-refractivity contribution is 6.05. The summed E-state index contributed by atoms with van der Waals surface area (Å²) in [7, 11) is 0. The maximum Gasteiger partial charge on any atom is 0.255 e. The third kappa shape index (κ3) is 3.89. The van der Waals surface area contributed by atoms with Gasteiger partial charge in [0.05, 0.1) is 6.10 Å². The largest absolute Gasteiger partial charge is 0.388 e. The number of rotatable bonds is 5. The summed E-state index contributed by atoms with van der Waals surface area (Å²) in [5.41, 5.74) is 3.00. The lowest BCUT2D eigenvalue weighted by molar-refractivity contribution is 0.102. The predicted octanol–water partition coefficient (Wildman–Crippen LogP) is 4.22. The molecule has 0 aliphatic carbocycles. The van der Waals surface area contributed by atoms with E-state index >= 15 is 0 Å². The van der Waals surface area contributed by atoms with Gasteiger partial charge in [-0.15, -0.1) is 0 Å². The molecule has 2 N–H and O–H groups in total. The van der Waals surface area contributed by atoms with Crippen molar-refractivity contribution in [1.29, 1.82) is 0 Å². The molecule has 0 heterocycles. The molecule has 120 valence electrons. The number of anilines is 1. The van der Waals surface area contributed by atoms with Gasteiger partial charge in [-0.25, -0.2) is 0 Å². The molecule has 0 aliphatic heterocycles. The number of hydrogen-bond donors (Lipinski definition) is 2. The second-order valence-electron chi connectivity index (χ2n) is 5.61. The zero-order chi connectivity index (χ0) is 16.8. The molecule has 0 aliphatic rings. The van der Waals surface area contributed by atoms with Crippen LogP contribution in [-0.2, 0) is 6.42 Å². The quantitative estimate of drug-likeness (QED) is 0.740. The van der Waals surface area contributed by atoms with Crippen molar-refractivity contribution in [3.8, 4) is 0 Å². The Morgan fingerprint density at radius 1 is 0.833 bits per heavy atom. The first kappa shape index (κ1) is 16.0. The fourth-order valence-corrected chi connectivity index (χ4v) is 2.64. The monoisotopic (exact) mass is 317 g/mol. The number of benzene rings is 3. The van der Waals surface area contributed by atoms with Gasteiger partial charge in [0.1, 0.15) is 0 Å². The first-order chi connectivity index (χ1) is 11.7. The van der Waals surface area contributed by atoms with E-state index in [9.17, 15) is 9.90 Å². The van der Waals surface area contributed by atoms with E-state index in [0.717, 1.165) is 16.8 Å². The highest BCUT2D eigenvalue weighted by atomic mass is 16.3. The Balaban J connectivity index is 1.79. The molecule has 1 atom stereocenters. The highest BCUT2D eigenvalue weighted by Gasteiger charge is 2.15. The average Bonchev–Trinajstić information content (AvgIpc) is 2.63. The molecule has 1 amide bonds. The Kier molecular flexibility index (Phi) is 5.04. The van der Waals surface area contributed by atoms with Crippen molar-refractivity contribution < 1.29 is 9.90 Å². The number of nitrogens with one attached hydrogen (secondary N) is 1. The molecule has 3 heteroatoms. The second-order valence-corrected chi connectivity index (χ2v) is 5.61. The summed E-state index contributed by atoms with van der Waals surface area (Å²) >= 11 is 0. The third-order valence-electron chi connectivity index (χ3n) is 3.89. The Labute approximate surface area is 141 Å². The van der Waals surface area contributed by atoms with Crippen LogP contribution in [-0.4, -0.2) is 11.0 Å². The average molecular weight is 317 g/mol. The van der Waals surface area contributed by atoms with Crippen LogP contribution in [0.2, 0.25) is 0 Å². The Bertz CT molecular complexity index is 800. The Morgan fingerprint density at radius 3 is 2.12 bits per heavy atom. The minimum Gasteiger partial charge on any atom is -0.388 e. The number of amides is 1. The zero-order valence-corrected chi connectivity index (χ0v) is 13.2. The molecule has 24 heavy (non-hydrogen) atoms. The SMILES string of the molecule is O=C(Nc1ccccc1)c1ccccc1CC(O)c1ccccc1. The predicted molar refractivity (Wildman–Crippen MR) is 95.9 cm³/mol. The van der Waals surface area contributed by atoms with E-state index in [1.807, 2.05) is 78.9 Å². The van der Waals surface area contributed by atoms with Crippen molar-refractivity contribution in [1.82, 2.24) is 0 Å². The number of aliphatic hydroxyl groups is 1. The first-order valence-electron chi connectivity index (χ1n) is 7.91. The summed E-state index contributed by atoms with van der Waals surface area (Å²) in [6.45, 7) is 0. The molecule has 0 aromatic heterocycles. The summed E-state index contributed by atoms with van der Waals surface area (Å²) in [6, 6.07) is 26.2. The minimum absolute atomic E-state index is 0.169. The van der Waals surface area contributed by atoms with Crippen LogP contribution in [0.5, 0.6) is 0 Å². The smallest absolute Gasteiger partial charge is 0.255 e. The van der Waals surface area contributed by atoms with E-state index in [1.165, 1.54) is 0 Å². The highest BCUT2D eigenvalue weighted by Crippen LogP contribution is 2.21. The van der Waals surface area contributed by atoms with E-state index in [0.29, 0.717) is 12.0 Å². The van der Waals surface area contributed by atoms with Crippen molar-refractivity contribution >= 4 is 11.6 Å². The van der Waals surface area contributed by atoms with Gasteiger partial charge >= 0.3 is 0 Å². The Hall–Kier alpha value is -2.91. The van der Waals surface area contributed by atoms with Crippen molar-refractivity contribution in [2.24, 2.45) is 0 Å². The molecule has 0 fully saturated rings. The molecule has 3 nitrogen and oxygen atoms in total. The van der Waals surface area contributed by atoms with Gasteiger partial charge in [0.15, 0.2) is 0 Å². The van der Waals surface area contributed by atoms with Gasteiger partial charge in [-0.1, -0.05) is 66.7 Å². The molecule has 0 saturated heterocycles. The van der Waals surface area contributed by atoms with Gasteiger partial charge in [-0.2, -0.15) is 0 Å². The van der Waals surface area contributed by atoms with E-state index < -0.39 is 6.10 Å². The molecule has 0 spiro atoms. The fraction of sp³-hybridized carbons (Fsp3) is 0.0952. The van der Waals surface area contributed by atoms with Gasteiger partial charge < -0.3 is 10.4 Å². The fourth-order valence-electron chi connectivity index (χ4n) is 2.64. The van der Waals surface area contributed by atoms with Gasteiger partial charge in [0, 0.05) is 17.7 Å². The summed E-state index contributed by atoms with van der Waals surface area (Å²) in [4.78, 5) is 12.6. The van der Waals surface area contributed by atoms with E-state index in [-0.39, 0.29) is 5.91 Å². The number of carbonyl (C=O) groups excluding carboxylic acids is 1. The van der Waals surface area contributed by atoms with Crippen molar-refractivity contribution in [2.75, 3.05) is 5.32 Å². The summed E-state index contributed by atoms with van der Waals surface area (Å²) in [5.74, 6) is -0.169. The van der Waals surface area contributed by atoms with E-state index in [2.05, 4.69) is 5.32 Å². The molecule has 1 unspecified atom stereocenters. The zero-order valence-electron chi connectivity index (χ0n) is 13.2. The van der Waals surface area contributed by atoms with Crippen molar-refractivity contribution in [2.45, 2.75) is 12.5 Å². The van der Waals surface area contributed by atoms with Gasteiger partial charge in [0.2, 0.25) is 0 Å². The lowest BCUT2D eigenvalue weighted by Crippen LogP contribution is -2.15. The number of aliphatic hydroxyl groups excluding tert-OH is 1. The van der Waals surface area contributed by atoms with Gasteiger partial charge in [0.25, 0.3) is 5.91 Å². The molecular formula is C21H19NO2. The second kappa shape index (κ2) is 7.57. The number of hydrogen-bond acceptors (Lipinski definition) is 2. The van der Waals surface area contributed by atoms with Crippen molar-refractivity contribution in [3.05, 3.63) is 102 Å². The third-order valence-corrected chi connectivity index (χ3v) is 3.89. The molecular weight excluding hydrogens is 298 g/mol. The number of para-hydroxylation sites is 1. The van der Waals surface area contributed by atoms with Gasteiger partial charge in [-0.3, -0.25) is 4.79 Å². The van der Waals surface area contributed by atoms with Gasteiger partial charge in [-0.05, 0) is 29.3 Å². The maximum atomic E-state index is 12.6. The maximum absolute atomic E-state index is 12.6. The van der Waals surface area contributed by atoms with Crippen LogP contribution in [0.25, 0.3) is 0 Å². The minimum atomic E-state index is -0.642. The molecule has 0 saturated carbocycles. The normalized spacial score (nSPS) is 11.7. The van der Waals surface area contributed by atoms with Crippen LogP contribution in [0.15, 0.2) is 84.9 Å². The molecule has 3 aromatic carbocycles. The Morgan fingerprint density at radius 2 is 1.42 bits per heavy atom. The molecule has 3 aromatic rings. The standard InChI is InChI=1S/C21H19NO2/c23-20(16-9-3-1-4-10-16)15-17-11-7-8-14-19(17)21(24)22-18-12-5-2-6-13-18/h1-14,20,23H,15H2,(H,22,24). The summed E-state index contributed by atoms with van der Waals surface area (Å²) in [6.07, 6.45) is -0.251. The lowest BCUT2D eigenvalue weighted by Gasteiger charge is -2.14. The molecule has 0 radical (unpaired) electrons. The van der Waals surface area contributed by atoms with E-state index in [1.54, 1.807) is 6.07 Å². The number of carbonyl (C=O) groups is 1.